The van der Waals surface area contributed by atoms with Crippen molar-refractivity contribution in [3.05, 3.63) is 58.5 Å². The van der Waals surface area contributed by atoms with E-state index in [0.29, 0.717) is 45.0 Å². The molecule has 0 unspecified atom stereocenters. The number of hydrogen-bond donors (Lipinski definition) is 2. The van der Waals surface area contributed by atoms with Crippen LogP contribution in [0.4, 0.5) is 5.13 Å². The van der Waals surface area contributed by atoms with Gasteiger partial charge in [-0.25, -0.2) is 23.4 Å². The zero-order valence-electron chi connectivity index (χ0n) is 21.4. The van der Waals surface area contributed by atoms with Gasteiger partial charge < -0.3 is 19.6 Å². The van der Waals surface area contributed by atoms with Crippen LogP contribution in [-0.2, 0) is 30.8 Å². The topological polar surface area (TPSA) is 154 Å². The minimum Gasteiger partial charge on any atom is -0.472 e. The fraction of sp³-hybridized carbons (Fsp3) is 0.320. The van der Waals surface area contributed by atoms with E-state index in [4.69, 9.17) is 14.3 Å². The lowest BCUT2D eigenvalue weighted by molar-refractivity contribution is -0.110. The summed E-state index contributed by atoms with van der Waals surface area (Å²) in [5, 5.41) is 12.8. The molecular formula is C25H26N6O6S3. The van der Waals surface area contributed by atoms with Crippen molar-refractivity contribution in [2.24, 2.45) is 5.16 Å². The molecule has 3 aromatic heterocycles. The van der Waals surface area contributed by atoms with E-state index >= 15 is 0 Å². The molecule has 12 nitrogen and oxygen atoms in total. The lowest BCUT2D eigenvalue weighted by Crippen LogP contribution is -2.50. The molecule has 0 saturated carbocycles. The molecule has 1 aromatic carbocycles. The number of carbonyl (C=O) groups excluding carboxylic acids is 1. The van der Waals surface area contributed by atoms with E-state index < -0.39 is 15.7 Å². The number of ether oxygens (including phenoxy) is 2. The van der Waals surface area contributed by atoms with Crippen LogP contribution < -0.4 is 15.4 Å². The second kappa shape index (κ2) is 12.8. The van der Waals surface area contributed by atoms with E-state index in [2.05, 4.69) is 30.7 Å². The first kappa shape index (κ1) is 28.0. The Bertz CT molecular complexity index is 1590. The standard InChI is InChI=1S/C25H26N6O6S3/c1-35-10-2-12-40(33,34)18-5-3-16(4-6-18)22(31-36-15-21-27-9-11-38-21)23(32)30-25-28-19-7-8-20(29-24(19)39-25)37-17-13-26-14-17/h3-9,11,17,26H,2,10,12-15H2,1H3,(H,28,30,32)/b31-22+. The summed E-state index contributed by atoms with van der Waals surface area (Å²) in [5.74, 6) is -0.129. The molecule has 40 heavy (non-hydrogen) atoms. The summed E-state index contributed by atoms with van der Waals surface area (Å²) in [6, 6.07) is 9.47. The van der Waals surface area contributed by atoms with Crippen molar-refractivity contribution in [1.82, 2.24) is 20.3 Å². The van der Waals surface area contributed by atoms with Gasteiger partial charge >= 0.3 is 0 Å². The van der Waals surface area contributed by atoms with Gasteiger partial charge in [-0.2, -0.15) is 0 Å². The number of aromatic nitrogens is 3. The Morgan fingerprint density at radius 1 is 1.18 bits per heavy atom. The number of benzene rings is 1. The Hall–Kier alpha value is -3.50. The number of carbonyl (C=O) groups is 1. The SMILES string of the molecule is COCCCS(=O)(=O)c1ccc(/C(=N\OCc2nccs2)C(=O)Nc2nc3ccc(OC4CNC4)nc3s2)cc1. The third-order valence-electron chi connectivity index (χ3n) is 5.77. The molecule has 210 valence electrons. The van der Waals surface area contributed by atoms with Gasteiger partial charge in [0.25, 0.3) is 5.91 Å². The molecule has 4 heterocycles. The molecule has 0 aliphatic carbocycles. The second-order valence-electron chi connectivity index (χ2n) is 8.67. The van der Waals surface area contributed by atoms with Crippen LogP contribution in [0.25, 0.3) is 10.3 Å². The first-order valence-corrected chi connectivity index (χ1v) is 15.6. The average Bonchev–Trinajstić information content (AvgIpc) is 3.58. The zero-order valence-corrected chi connectivity index (χ0v) is 23.9. The molecule has 2 N–H and O–H groups in total. The van der Waals surface area contributed by atoms with Crippen LogP contribution in [0.15, 0.2) is 58.0 Å². The predicted octanol–water partition coefficient (Wildman–Crippen LogP) is 2.87. The molecule has 0 spiro atoms. The van der Waals surface area contributed by atoms with Crippen LogP contribution >= 0.6 is 22.7 Å². The number of nitrogens with one attached hydrogen (secondary N) is 2. The molecule has 15 heteroatoms. The van der Waals surface area contributed by atoms with Crippen molar-refractivity contribution in [1.29, 1.82) is 0 Å². The van der Waals surface area contributed by atoms with Crippen LogP contribution in [-0.4, -0.2) is 73.7 Å². The van der Waals surface area contributed by atoms with E-state index in [1.165, 1.54) is 54.0 Å². The van der Waals surface area contributed by atoms with Crippen LogP contribution in [0.2, 0.25) is 0 Å². The second-order valence-corrected chi connectivity index (χ2v) is 12.7. The number of amides is 1. The molecule has 4 aromatic rings. The quantitative estimate of drug-likeness (QED) is 0.133. The van der Waals surface area contributed by atoms with Gasteiger partial charge in [-0.1, -0.05) is 28.6 Å². The molecule has 1 fully saturated rings. The number of nitrogens with zero attached hydrogens (tertiary/aromatic N) is 4. The molecule has 0 bridgehead atoms. The van der Waals surface area contributed by atoms with Crippen molar-refractivity contribution in [3.8, 4) is 5.88 Å². The summed E-state index contributed by atoms with van der Waals surface area (Å²) < 4.78 is 36.0. The van der Waals surface area contributed by atoms with Crippen LogP contribution in [0.1, 0.15) is 17.0 Å². The molecule has 0 atom stereocenters. The van der Waals surface area contributed by atoms with E-state index in [-0.39, 0.29) is 29.1 Å². The summed E-state index contributed by atoms with van der Waals surface area (Å²) in [4.78, 5) is 32.6. The highest BCUT2D eigenvalue weighted by atomic mass is 32.2. The summed E-state index contributed by atoms with van der Waals surface area (Å²) in [7, 11) is -1.98. The van der Waals surface area contributed by atoms with E-state index in [1.807, 2.05) is 5.38 Å². The van der Waals surface area contributed by atoms with Crippen molar-refractivity contribution >= 4 is 59.6 Å². The first-order chi connectivity index (χ1) is 19.4. The summed E-state index contributed by atoms with van der Waals surface area (Å²) >= 11 is 2.59. The van der Waals surface area contributed by atoms with Crippen molar-refractivity contribution in [3.63, 3.8) is 0 Å². The number of oxime groups is 1. The van der Waals surface area contributed by atoms with Gasteiger partial charge in [0.2, 0.25) is 5.88 Å². The third kappa shape index (κ3) is 6.98. The third-order valence-corrected chi connectivity index (χ3v) is 9.22. The lowest BCUT2D eigenvalue weighted by atomic mass is 10.1. The molecule has 1 amide bonds. The summed E-state index contributed by atoms with van der Waals surface area (Å²) in [6.45, 7) is 1.97. The van der Waals surface area contributed by atoms with Crippen molar-refractivity contribution in [2.45, 2.75) is 24.0 Å². The number of thiazole rings is 2. The number of sulfone groups is 1. The van der Waals surface area contributed by atoms with Gasteiger partial charge in [0, 0.05) is 50.0 Å². The highest BCUT2D eigenvalue weighted by Crippen LogP contribution is 2.27. The number of rotatable bonds is 13. The van der Waals surface area contributed by atoms with Gasteiger partial charge in [-0.05, 0) is 24.6 Å². The Morgan fingerprint density at radius 3 is 2.70 bits per heavy atom. The fourth-order valence-corrected chi connectivity index (χ4v) is 6.26. The molecule has 1 aliphatic heterocycles. The summed E-state index contributed by atoms with van der Waals surface area (Å²) in [5.41, 5.74) is 0.936. The predicted molar refractivity (Wildman–Crippen MR) is 152 cm³/mol. The molecule has 5 rings (SSSR count). The minimum atomic E-state index is -3.50. The normalized spacial score (nSPS) is 14.2. The highest BCUT2D eigenvalue weighted by molar-refractivity contribution is 7.91. The number of methoxy groups -OCH3 is 1. The first-order valence-electron chi connectivity index (χ1n) is 12.3. The molecular weight excluding hydrogens is 577 g/mol. The molecule has 1 saturated heterocycles. The average molecular weight is 603 g/mol. The monoisotopic (exact) mass is 602 g/mol. The van der Waals surface area contributed by atoms with E-state index in [1.54, 1.807) is 18.3 Å². The maximum atomic E-state index is 13.3. The molecule has 0 radical (unpaired) electrons. The van der Waals surface area contributed by atoms with Crippen molar-refractivity contribution < 1.29 is 27.5 Å². The van der Waals surface area contributed by atoms with Gasteiger partial charge in [0.05, 0.1) is 10.6 Å². The Kier molecular flexibility index (Phi) is 8.96. The van der Waals surface area contributed by atoms with Crippen LogP contribution in [0.5, 0.6) is 5.88 Å². The maximum Gasteiger partial charge on any atom is 0.280 e. The Labute approximate surface area is 238 Å². The van der Waals surface area contributed by atoms with E-state index in [0.717, 1.165) is 13.1 Å². The number of pyridine rings is 1. The minimum absolute atomic E-state index is 0.0471. The van der Waals surface area contributed by atoms with Gasteiger partial charge in [0.1, 0.15) is 21.5 Å². The van der Waals surface area contributed by atoms with Crippen molar-refractivity contribution in [2.75, 3.05) is 37.9 Å². The summed E-state index contributed by atoms with van der Waals surface area (Å²) in [6.07, 6.45) is 2.11. The van der Waals surface area contributed by atoms with Gasteiger partial charge in [0.15, 0.2) is 27.3 Å². The number of fused-ring (bicyclic) bond motifs is 1. The van der Waals surface area contributed by atoms with E-state index in [9.17, 15) is 13.2 Å². The molecule has 1 aliphatic rings. The van der Waals surface area contributed by atoms with Gasteiger partial charge in [-0.3, -0.25) is 10.1 Å². The fourth-order valence-electron chi connectivity index (χ4n) is 3.62. The maximum absolute atomic E-state index is 13.3. The Balaban J connectivity index is 1.34. The smallest absolute Gasteiger partial charge is 0.280 e. The lowest BCUT2D eigenvalue weighted by Gasteiger charge is -2.27. The van der Waals surface area contributed by atoms with Crippen LogP contribution in [0, 0.1) is 0 Å². The zero-order chi connectivity index (χ0) is 28.0. The number of hydrogen-bond acceptors (Lipinski definition) is 13. The van der Waals surface area contributed by atoms with Gasteiger partial charge in [-0.15, -0.1) is 11.3 Å². The largest absolute Gasteiger partial charge is 0.472 e. The number of anilines is 1. The Morgan fingerprint density at radius 2 is 2.00 bits per heavy atom. The highest BCUT2D eigenvalue weighted by Gasteiger charge is 2.22. The van der Waals surface area contributed by atoms with Crippen LogP contribution in [0.3, 0.4) is 0 Å².